The number of hydrogen-bond donors (Lipinski definition) is 2. The summed E-state index contributed by atoms with van der Waals surface area (Å²) in [5.41, 5.74) is 8.06. The second-order valence-electron chi connectivity index (χ2n) is 6.58. The van der Waals surface area contributed by atoms with Gasteiger partial charge in [-0.2, -0.15) is 0 Å². The van der Waals surface area contributed by atoms with E-state index in [0.717, 1.165) is 36.7 Å². The minimum absolute atomic E-state index is 0.0337. The van der Waals surface area contributed by atoms with E-state index in [1.165, 1.54) is 12.8 Å². The number of anilines is 1. The Morgan fingerprint density at radius 2 is 1.92 bits per heavy atom. The normalized spacial score (nSPS) is 16.0. The zero-order valence-electron chi connectivity index (χ0n) is 14.0. The Morgan fingerprint density at radius 3 is 2.72 bits per heavy atom. The maximum absolute atomic E-state index is 12.8. The van der Waals surface area contributed by atoms with E-state index in [1.807, 2.05) is 24.3 Å². The first-order valence-electron chi connectivity index (χ1n) is 8.76. The Bertz CT molecular complexity index is 888. The molecule has 1 fully saturated rings. The summed E-state index contributed by atoms with van der Waals surface area (Å²) in [6.07, 6.45) is 8.33. The van der Waals surface area contributed by atoms with Gasteiger partial charge >= 0.3 is 0 Å². The van der Waals surface area contributed by atoms with E-state index in [1.54, 1.807) is 6.26 Å². The number of carbonyl (C=O) groups excluding carboxylic acids is 1. The number of nitrogens with zero attached hydrogens (tertiary/aromatic N) is 1. The molecule has 0 atom stereocenters. The lowest BCUT2D eigenvalue weighted by Crippen LogP contribution is -2.34. The SMILES string of the molecule is Nc1onc(-c2coc3ccccc23)c1C(=O)NC1CCCCCC1. The first kappa shape index (κ1) is 15.7. The molecular weight excluding hydrogens is 318 g/mol. The summed E-state index contributed by atoms with van der Waals surface area (Å²) in [6, 6.07) is 7.78. The van der Waals surface area contributed by atoms with Crippen LogP contribution in [-0.2, 0) is 0 Å². The van der Waals surface area contributed by atoms with E-state index in [-0.39, 0.29) is 23.4 Å². The van der Waals surface area contributed by atoms with Crippen LogP contribution in [-0.4, -0.2) is 17.1 Å². The van der Waals surface area contributed by atoms with E-state index >= 15 is 0 Å². The Morgan fingerprint density at radius 1 is 1.16 bits per heavy atom. The van der Waals surface area contributed by atoms with Crippen molar-refractivity contribution in [1.29, 1.82) is 0 Å². The fourth-order valence-electron chi connectivity index (χ4n) is 3.55. The number of nitrogens with one attached hydrogen (secondary N) is 1. The van der Waals surface area contributed by atoms with Gasteiger partial charge in [0.25, 0.3) is 5.91 Å². The van der Waals surface area contributed by atoms with Crippen LogP contribution in [0.2, 0.25) is 0 Å². The third-order valence-electron chi connectivity index (χ3n) is 4.87. The number of nitrogen functional groups attached to an aromatic ring is 1. The summed E-state index contributed by atoms with van der Waals surface area (Å²) in [4.78, 5) is 12.8. The van der Waals surface area contributed by atoms with Crippen molar-refractivity contribution in [3.05, 3.63) is 36.1 Å². The van der Waals surface area contributed by atoms with Gasteiger partial charge < -0.3 is 20.0 Å². The minimum Gasteiger partial charge on any atom is -0.464 e. The zero-order chi connectivity index (χ0) is 17.2. The molecule has 0 radical (unpaired) electrons. The quantitative estimate of drug-likeness (QED) is 0.700. The second kappa shape index (κ2) is 6.63. The summed E-state index contributed by atoms with van der Waals surface area (Å²) in [6.45, 7) is 0. The Hall–Kier alpha value is -2.76. The number of hydrogen-bond acceptors (Lipinski definition) is 5. The summed E-state index contributed by atoms with van der Waals surface area (Å²) < 4.78 is 10.7. The van der Waals surface area contributed by atoms with E-state index in [2.05, 4.69) is 10.5 Å². The number of carbonyl (C=O) groups is 1. The molecule has 3 N–H and O–H groups in total. The van der Waals surface area contributed by atoms with Crippen molar-refractivity contribution in [2.45, 2.75) is 44.6 Å². The highest BCUT2D eigenvalue weighted by molar-refractivity contribution is 6.07. The minimum atomic E-state index is -0.231. The van der Waals surface area contributed by atoms with Crippen LogP contribution >= 0.6 is 0 Å². The predicted octanol–water partition coefficient (Wildman–Crippen LogP) is 4.12. The fourth-order valence-corrected chi connectivity index (χ4v) is 3.55. The third kappa shape index (κ3) is 2.99. The zero-order valence-corrected chi connectivity index (χ0v) is 14.0. The predicted molar refractivity (Wildman–Crippen MR) is 95.1 cm³/mol. The van der Waals surface area contributed by atoms with E-state index in [9.17, 15) is 4.79 Å². The summed E-state index contributed by atoms with van der Waals surface area (Å²) >= 11 is 0. The molecule has 1 amide bonds. The molecule has 25 heavy (non-hydrogen) atoms. The Balaban J connectivity index is 1.66. The first-order valence-corrected chi connectivity index (χ1v) is 8.76. The van der Waals surface area contributed by atoms with Gasteiger partial charge in [-0.25, -0.2) is 0 Å². The molecular formula is C19H21N3O3. The van der Waals surface area contributed by atoms with Gasteiger partial charge in [0.05, 0.1) is 5.56 Å². The van der Waals surface area contributed by atoms with Crippen LogP contribution in [0.3, 0.4) is 0 Å². The largest absolute Gasteiger partial charge is 0.464 e. The van der Waals surface area contributed by atoms with Gasteiger partial charge in [0.15, 0.2) is 0 Å². The smallest absolute Gasteiger partial charge is 0.259 e. The molecule has 2 heterocycles. The van der Waals surface area contributed by atoms with Crippen LogP contribution in [0.5, 0.6) is 0 Å². The average molecular weight is 339 g/mol. The molecule has 2 aromatic heterocycles. The standard InChI is InChI=1S/C19H21N3O3/c20-18-16(19(23)21-12-7-3-1-2-4-8-12)17(22-25-18)14-11-24-15-10-6-5-9-13(14)15/h5-6,9-12H,1-4,7-8,20H2,(H,21,23). The number of rotatable bonds is 3. The number of para-hydroxylation sites is 1. The maximum Gasteiger partial charge on any atom is 0.259 e. The molecule has 1 aliphatic rings. The molecule has 0 bridgehead atoms. The van der Waals surface area contributed by atoms with Crippen molar-refractivity contribution in [2.75, 3.05) is 5.73 Å². The van der Waals surface area contributed by atoms with Crippen molar-refractivity contribution in [3.8, 4) is 11.3 Å². The molecule has 1 saturated carbocycles. The number of nitrogens with two attached hydrogens (primary N) is 1. The van der Waals surface area contributed by atoms with Crippen LogP contribution in [0.1, 0.15) is 48.9 Å². The third-order valence-corrected chi connectivity index (χ3v) is 4.87. The number of aromatic nitrogens is 1. The van der Waals surface area contributed by atoms with Crippen LogP contribution in [0.15, 0.2) is 39.5 Å². The molecule has 0 aliphatic heterocycles. The Kier molecular flexibility index (Phi) is 4.17. The van der Waals surface area contributed by atoms with Gasteiger partial charge in [-0.15, -0.1) is 0 Å². The molecule has 1 aliphatic carbocycles. The monoisotopic (exact) mass is 339 g/mol. The van der Waals surface area contributed by atoms with Gasteiger partial charge in [0.1, 0.15) is 23.1 Å². The van der Waals surface area contributed by atoms with Crippen molar-refractivity contribution in [3.63, 3.8) is 0 Å². The number of benzene rings is 1. The molecule has 0 spiro atoms. The van der Waals surface area contributed by atoms with Crippen molar-refractivity contribution in [2.24, 2.45) is 0 Å². The summed E-state index contributed by atoms with van der Waals surface area (Å²) in [5.74, 6) is -0.197. The Labute approximate surface area is 145 Å². The van der Waals surface area contributed by atoms with Crippen LogP contribution in [0.4, 0.5) is 5.88 Å². The van der Waals surface area contributed by atoms with Crippen molar-refractivity contribution >= 4 is 22.8 Å². The van der Waals surface area contributed by atoms with Crippen molar-refractivity contribution in [1.82, 2.24) is 10.5 Å². The lowest BCUT2D eigenvalue weighted by Gasteiger charge is -2.15. The van der Waals surface area contributed by atoms with Gasteiger partial charge in [0.2, 0.25) is 5.88 Å². The molecule has 0 saturated heterocycles. The topological polar surface area (TPSA) is 94.3 Å². The van der Waals surface area contributed by atoms with Gasteiger partial charge in [-0.1, -0.05) is 49.0 Å². The van der Waals surface area contributed by atoms with E-state index in [0.29, 0.717) is 11.3 Å². The number of furan rings is 1. The average Bonchev–Trinajstić information content (AvgIpc) is 3.11. The highest BCUT2D eigenvalue weighted by atomic mass is 16.5. The first-order chi connectivity index (χ1) is 12.2. The number of fused-ring (bicyclic) bond motifs is 1. The fraction of sp³-hybridized carbons (Fsp3) is 0.368. The van der Waals surface area contributed by atoms with Gasteiger partial charge in [0, 0.05) is 11.4 Å². The molecule has 4 rings (SSSR count). The number of amides is 1. The van der Waals surface area contributed by atoms with E-state index < -0.39 is 0 Å². The van der Waals surface area contributed by atoms with Crippen molar-refractivity contribution < 1.29 is 13.7 Å². The lowest BCUT2D eigenvalue weighted by atomic mass is 10.0. The summed E-state index contributed by atoms with van der Waals surface area (Å²) in [5, 5.41) is 8.00. The van der Waals surface area contributed by atoms with Crippen LogP contribution in [0.25, 0.3) is 22.2 Å². The summed E-state index contributed by atoms with van der Waals surface area (Å²) in [7, 11) is 0. The van der Waals surface area contributed by atoms with E-state index in [4.69, 9.17) is 14.7 Å². The lowest BCUT2D eigenvalue weighted by molar-refractivity contribution is 0.0934. The second-order valence-corrected chi connectivity index (χ2v) is 6.58. The van der Waals surface area contributed by atoms with Crippen LogP contribution < -0.4 is 11.1 Å². The molecule has 6 heteroatoms. The van der Waals surface area contributed by atoms with Crippen LogP contribution in [0, 0.1) is 0 Å². The molecule has 0 unspecified atom stereocenters. The maximum atomic E-state index is 12.8. The van der Waals surface area contributed by atoms with Gasteiger partial charge in [-0.3, -0.25) is 4.79 Å². The molecule has 1 aromatic carbocycles. The molecule has 3 aromatic rings. The highest BCUT2D eigenvalue weighted by Crippen LogP contribution is 2.34. The van der Waals surface area contributed by atoms with Gasteiger partial charge in [-0.05, 0) is 18.9 Å². The molecule has 6 nitrogen and oxygen atoms in total. The highest BCUT2D eigenvalue weighted by Gasteiger charge is 2.26. The molecule has 130 valence electrons.